The van der Waals surface area contributed by atoms with Gasteiger partial charge in [-0.15, -0.1) is 0 Å². The molecule has 0 aromatic heterocycles. The van der Waals surface area contributed by atoms with E-state index in [1.54, 1.807) is 0 Å². The highest BCUT2D eigenvalue weighted by Crippen LogP contribution is 2.19. The molecule has 1 saturated heterocycles. The highest BCUT2D eigenvalue weighted by molar-refractivity contribution is 5.77. The van der Waals surface area contributed by atoms with Crippen molar-refractivity contribution in [3.05, 3.63) is 71.8 Å². The van der Waals surface area contributed by atoms with E-state index in [0.717, 1.165) is 19.6 Å². The third-order valence-electron chi connectivity index (χ3n) is 4.52. The fraction of sp³-hybridized carbons (Fsp3) is 0.350. The Bertz CT molecular complexity index is 639. The first kappa shape index (κ1) is 16.5. The molecule has 1 fully saturated rings. The molecule has 2 aromatic rings. The van der Waals surface area contributed by atoms with Crippen molar-refractivity contribution in [2.24, 2.45) is 10.7 Å². The van der Waals surface area contributed by atoms with E-state index in [1.807, 2.05) is 18.2 Å². The third-order valence-corrected chi connectivity index (χ3v) is 4.52. The van der Waals surface area contributed by atoms with Crippen LogP contribution in [0.1, 0.15) is 24.0 Å². The number of nitrogens with two attached hydrogens (primary N) is 1. The van der Waals surface area contributed by atoms with Crippen LogP contribution in [0.2, 0.25) is 0 Å². The van der Waals surface area contributed by atoms with Crippen molar-refractivity contribution in [2.45, 2.75) is 32.0 Å². The highest BCUT2D eigenvalue weighted by Gasteiger charge is 2.24. The lowest BCUT2D eigenvalue weighted by Gasteiger charge is -2.25. The van der Waals surface area contributed by atoms with E-state index < -0.39 is 0 Å². The van der Waals surface area contributed by atoms with Crippen molar-refractivity contribution in [1.82, 2.24) is 10.2 Å². The van der Waals surface area contributed by atoms with Gasteiger partial charge in [-0.1, -0.05) is 60.7 Å². The topological polar surface area (TPSA) is 53.6 Å². The van der Waals surface area contributed by atoms with Gasteiger partial charge >= 0.3 is 0 Å². The summed E-state index contributed by atoms with van der Waals surface area (Å²) in [5, 5.41) is 3.30. The third kappa shape index (κ3) is 4.83. The van der Waals surface area contributed by atoms with Gasteiger partial charge in [0.05, 0.1) is 6.54 Å². The second-order valence-corrected chi connectivity index (χ2v) is 6.32. The second kappa shape index (κ2) is 8.50. The summed E-state index contributed by atoms with van der Waals surface area (Å²) >= 11 is 0. The normalized spacial score (nSPS) is 18.7. The SMILES string of the molecule is NC(=NCc1ccccc1)NCC1CCCN1Cc1ccccc1. The monoisotopic (exact) mass is 322 g/mol. The first-order valence-corrected chi connectivity index (χ1v) is 8.67. The van der Waals surface area contributed by atoms with Gasteiger partial charge in [0.25, 0.3) is 0 Å². The molecule has 0 bridgehead atoms. The van der Waals surface area contributed by atoms with Gasteiger partial charge in [-0.25, -0.2) is 4.99 Å². The summed E-state index contributed by atoms with van der Waals surface area (Å²) in [6.45, 7) is 3.64. The van der Waals surface area contributed by atoms with Gasteiger partial charge in [0.1, 0.15) is 0 Å². The Labute approximate surface area is 144 Å². The summed E-state index contributed by atoms with van der Waals surface area (Å²) in [4.78, 5) is 6.96. The van der Waals surface area contributed by atoms with Crippen LogP contribution >= 0.6 is 0 Å². The molecule has 0 aliphatic carbocycles. The molecule has 126 valence electrons. The average molecular weight is 322 g/mol. The average Bonchev–Trinajstić information content (AvgIpc) is 3.07. The van der Waals surface area contributed by atoms with Crippen LogP contribution in [0.15, 0.2) is 65.7 Å². The summed E-state index contributed by atoms with van der Waals surface area (Å²) in [6, 6.07) is 21.4. The lowest BCUT2D eigenvalue weighted by molar-refractivity contribution is 0.245. The quantitative estimate of drug-likeness (QED) is 0.635. The number of hydrogen-bond donors (Lipinski definition) is 2. The predicted molar refractivity (Wildman–Crippen MR) is 99.6 cm³/mol. The lowest BCUT2D eigenvalue weighted by Crippen LogP contribution is -2.42. The van der Waals surface area contributed by atoms with Gasteiger partial charge in [0.2, 0.25) is 0 Å². The molecule has 0 radical (unpaired) electrons. The number of hydrogen-bond acceptors (Lipinski definition) is 2. The number of nitrogens with zero attached hydrogens (tertiary/aromatic N) is 2. The first-order valence-electron chi connectivity index (χ1n) is 8.67. The summed E-state index contributed by atoms with van der Waals surface area (Å²) in [7, 11) is 0. The maximum Gasteiger partial charge on any atom is 0.188 e. The predicted octanol–water partition coefficient (Wildman–Crippen LogP) is 2.76. The van der Waals surface area contributed by atoms with Gasteiger partial charge < -0.3 is 11.1 Å². The number of rotatable bonds is 6. The molecule has 4 heteroatoms. The number of nitrogens with one attached hydrogen (secondary N) is 1. The zero-order chi connectivity index (χ0) is 16.6. The molecular weight excluding hydrogens is 296 g/mol. The van der Waals surface area contributed by atoms with Gasteiger partial charge in [0.15, 0.2) is 5.96 Å². The molecule has 1 unspecified atom stereocenters. The summed E-state index contributed by atoms with van der Waals surface area (Å²) in [5.74, 6) is 0.533. The molecule has 3 rings (SSSR count). The number of likely N-dealkylation sites (tertiary alicyclic amines) is 1. The Morgan fingerprint density at radius 1 is 1.04 bits per heavy atom. The smallest absolute Gasteiger partial charge is 0.188 e. The van der Waals surface area contributed by atoms with Crippen LogP contribution in [0.4, 0.5) is 0 Å². The largest absolute Gasteiger partial charge is 0.370 e. The van der Waals surface area contributed by atoms with E-state index >= 15 is 0 Å². The highest BCUT2D eigenvalue weighted by atomic mass is 15.2. The van der Waals surface area contributed by atoms with Crippen LogP contribution in [-0.2, 0) is 13.1 Å². The van der Waals surface area contributed by atoms with Gasteiger partial charge in [-0.2, -0.15) is 0 Å². The van der Waals surface area contributed by atoms with E-state index in [4.69, 9.17) is 5.73 Å². The molecule has 0 saturated carbocycles. The number of aliphatic imine (C=N–C) groups is 1. The van der Waals surface area contributed by atoms with Crippen LogP contribution in [0.25, 0.3) is 0 Å². The Morgan fingerprint density at radius 3 is 2.42 bits per heavy atom. The molecule has 2 aromatic carbocycles. The van der Waals surface area contributed by atoms with E-state index in [1.165, 1.54) is 24.0 Å². The second-order valence-electron chi connectivity index (χ2n) is 6.32. The van der Waals surface area contributed by atoms with Crippen LogP contribution in [0.3, 0.4) is 0 Å². The molecule has 24 heavy (non-hydrogen) atoms. The van der Waals surface area contributed by atoms with E-state index in [0.29, 0.717) is 18.5 Å². The zero-order valence-electron chi connectivity index (χ0n) is 14.1. The maximum absolute atomic E-state index is 6.02. The molecule has 1 heterocycles. The van der Waals surface area contributed by atoms with Gasteiger partial charge in [-0.05, 0) is 30.5 Å². The van der Waals surface area contributed by atoms with Crippen LogP contribution in [0, 0.1) is 0 Å². The van der Waals surface area contributed by atoms with Crippen molar-refractivity contribution in [3.63, 3.8) is 0 Å². The van der Waals surface area contributed by atoms with Crippen molar-refractivity contribution < 1.29 is 0 Å². The molecule has 1 aliphatic rings. The first-order chi connectivity index (χ1) is 11.8. The van der Waals surface area contributed by atoms with Gasteiger partial charge in [0, 0.05) is 19.1 Å². The van der Waals surface area contributed by atoms with E-state index in [9.17, 15) is 0 Å². The fourth-order valence-electron chi connectivity index (χ4n) is 3.19. The van der Waals surface area contributed by atoms with Crippen molar-refractivity contribution in [2.75, 3.05) is 13.1 Å². The van der Waals surface area contributed by atoms with Gasteiger partial charge in [-0.3, -0.25) is 4.90 Å². The van der Waals surface area contributed by atoms with E-state index in [2.05, 4.69) is 57.7 Å². The van der Waals surface area contributed by atoms with Crippen LogP contribution in [0.5, 0.6) is 0 Å². The number of guanidine groups is 1. The summed E-state index contributed by atoms with van der Waals surface area (Å²) in [6.07, 6.45) is 2.46. The standard InChI is InChI=1S/C20H26N4/c21-20(22-14-17-8-3-1-4-9-17)23-15-19-12-7-13-24(19)16-18-10-5-2-6-11-18/h1-6,8-11,19H,7,12-16H2,(H3,21,22,23). The summed E-state index contributed by atoms with van der Waals surface area (Å²) in [5.41, 5.74) is 8.56. The van der Waals surface area contributed by atoms with Crippen LogP contribution < -0.4 is 11.1 Å². The minimum Gasteiger partial charge on any atom is -0.370 e. The molecule has 0 amide bonds. The maximum atomic E-state index is 6.02. The molecule has 4 nitrogen and oxygen atoms in total. The Hall–Kier alpha value is -2.33. The van der Waals surface area contributed by atoms with Crippen molar-refractivity contribution >= 4 is 5.96 Å². The minimum absolute atomic E-state index is 0.524. The van der Waals surface area contributed by atoms with E-state index in [-0.39, 0.29) is 0 Å². The minimum atomic E-state index is 0.524. The zero-order valence-corrected chi connectivity index (χ0v) is 14.1. The van der Waals surface area contributed by atoms with Crippen LogP contribution in [-0.4, -0.2) is 30.0 Å². The molecular formula is C20H26N4. The fourth-order valence-corrected chi connectivity index (χ4v) is 3.19. The Balaban J connectivity index is 1.48. The summed E-state index contributed by atoms with van der Waals surface area (Å²) < 4.78 is 0. The lowest BCUT2D eigenvalue weighted by atomic mass is 10.2. The Kier molecular flexibility index (Phi) is 5.85. The molecule has 0 spiro atoms. The molecule has 3 N–H and O–H groups in total. The molecule has 1 aliphatic heterocycles. The van der Waals surface area contributed by atoms with Crippen molar-refractivity contribution in [1.29, 1.82) is 0 Å². The van der Waals surface area contributed by atoms with Crippen molar-refractivity contribution in [3.8, 4) is 0 Å². The molecule has 1 atom stereocenters. The Morgan fingerprint density at radius 2 is 1.71 bits per heavy atom. The number of benzene rings is 2.